The van der Waals surface area contributed by atoms with Crippen LogP contribution < -0.4 is 5.32 Å². The topological polar surface area (TPSA) is 73.2 Å². The van der Waals surface area contributed by atoms with Crippen molar-refractivity contribution in [3.63, 3.8) is 0 Å². The lowest BCUT2D eigenvalue weighted by Crippen LogP contribution is -2.55. The molecule has 1 unspecified atom stereocenters. The van der Waals surface area contributed by atoms with Gasteiger partial charge in [-0.2, -0.15) is 0 Å². The molecule has 6 nitrogen and oxygen atoms in total. The van der Waals surface area contributed by atoms with Gasteiger partial charge in [0.25, 0.3) is 0 Å². The fraction of sp³-hybridized carbons (Fsp3) is 0.421. The Labute approximate surface area is 147 Å². The first-order chi connectivity index (χ1) is 12.0. The Bertz CT molecular complexity index is 791. The molecule has 0 aliphatic carbocycles. The molecule has 0 saturated carbocycles. The van der Waals surface area contributed by atoms with E-state index in [4.69, 9.17) is 11.2 Å². The van der Waals surface area contributed by atoms with Gasteiger partial charge in [0.05, 0.1) is 31.0 Å². The first kappa shape index (κ1) is 18.5. The third-order valence-corrected chi connectivity index (χ3v) is 4.04. The van der Waals surface area contributed by atoms with Crippen LogP contribution in [0.25, 0.3) is 11.0 Å². The number of hydrogen-bond acceptors (Lipinski definition) is 4. The second-order valence-electron chi connectivity index (χ2n) is 6.14. The molecular weight excluding hydrogens is 318 g/mol. The van der Waals surface area contributed by atoms with Crippen LogP contribution in [0.3, 0.4) is 0 Å². The molecule has 1 aromatic carbocycles. The standard InChI is InChI=1S/C19H23N3O3/c1-4-5-6-7-12-17(23)21-19(2,18(24)25-3)13-22-14-20-15-10-8-9-11-16(15)22/h1,8-11,14H,5-7,12-13H2,2-3H3,(H,21,23). The number of amides is 1. The van der Waals surface area contributed by atoms with Gasteiger partial charge >= 0.3 is 5.97 Å². The highest BCUT2D eigenvalue weighted by Crippen LogP contribution is 2.17. The summed E-state index contributed by atoms with van der Waals surface area (Å²) in [5, 5.41) is 2.81. The van der Waals surface area contributed by atoms with E-state index < -0.39 is 11.5 Å². The maximum Gasteiger partial charge on any atom is 0.333 e. The molecule has 1 amide bonds. The Kier molecular flexibility index (Phi) is 6.18. The Balaban J connectivity index is 2.13. The molecule has 0 radical (unpaired) electrons. The largest absolute Gasteiger partial charge is 0.467 e. The van der Waals surface area contributed by atoms with Crippen molar-refractivity contribution in [2.45, 2.75) is 44.7 Å². The number of aromatic nitrogens is 2. The van der Waals surface area contributed by atoms with Crippen molar-refractivity contribution in [1.29, 1.82) is 0 Å². The number of carbonyl (C=O) groups is 2. The molecule has 6 heteroatoms. The molecule has 0 bridgehead atoms. The van der Waals surface area contributed by atoms with Crippen molar-refractivity contribution in [3.8, 4) is 12.3 Å². The van der Waals surface area contributed by atoms with Gasteiger partial charge in [-0.15, -0.1) is 12.3 Å². The number of terminal acetylenes is 1. The summed E-state index contributed by atoms with van der Waals surface area (Å²) >= 11 is 0. The Morgan fingerprint density at radius 3 is 2.84 bits per heavy atom. The molecule has 0 saturated heterocycles. The summed E-state index contributed by atoms with van der Waals surface area (Å²) in [5.74, 6) is 1.85. The van der Waals surface area contributed by atoms with Crippen molar-refractivity contribution in [1.82, 2.24) is 14.9 Å². The van der Waals surface area contributed by atoms with E-state index in [2.05, 4.69) is 16.2 Å². The summed E-state index contributed by atoms with van der Waals surface area (Å²) in [5.41, 5.74) is 0.540. The van der Waals surface area contributed by atoms with Crippen molar-refractivity contribution < 1.29 is 14.3 Å². The Morgan fingerprint density at radius 1 is 1.36 bits per heavy atom. The predicted octanol–water partition coefficient (Wildman–Crippen LogP) is 2.28. The highest BCUT2D eigenvalue weighted by atomic mass is 16.5. The smallest absolute Gasteiger partial charge is 0.333 e. The van der Waals surface area contributed by atoms with E-state index in [1.54, 1.807) is 13.3 Å². The number of fused-ring (bicyclic) bond motifs is 1. The van der Waals surface area contributed by atoms with Gasteiger partial charge in [-0.3, -0.25) is 4.79 Å². The molecule has 0 spiro atoms. The summed E-state index contributed by atoms with van der Waals surface area (Å²) < 4.78 is 6.74. The number of hydrogen-bond donors (Lipinski definition) is 1. The number of unbranched alkanes of at least 4 members (excludes halogenated alkanes) is 2. The van der Waals surface area contributed by atoms with Crippen LogP contribution in [0.4, 0.5) is 0 Å². The fourth-order valence-electron chi connectivity index (χ4n) is 2.74. The van der Waals surface area contributed by atoms with Crippen LogP contribution >= 0.6 is 0 Å². The monoisotopic (exact) mass is 341 g/mol. The highest BCUT2D eigenvalue weighted by molar-refractivity contribution is 5.88. The van der Waals surface area contributed by atoms with Crippen LogP contribution in [-0.4, -0.2) is 34.1 Å². The van der Waals surface area contributed by atoms with E-state index in [1.807, 2.05) is 28.8 Å². The van der Waals surface area contributed by atoms with Gasteiger partial charge in [-0.05, 0) is 31.9 Å². The molecular formula is C19H23N3O3. The number of ether oxygens (including phenoxy) is 1. The number of para-hydroxylation sites is 2. The summed E-state index contributed by atoms with van der Waals surface area (Å²) in [7, 11) is 1.31. The minimum atomic E-state index is -1.18. The van der Waals surface area contributed by atoms with Gasteiger partial charge in [0.2, 0.25) is 5.91 Å². The van der Waals surface area contributed by atoms with E-state index in [-0.39, 0.29) is 12.5 Å². The normalized spacial score (nSPS) is 13.0. The number of nitrogens with zero attached hydrogens (tertiary/aromatic N) is 2. The van der Waals surface area contributed by atoms with Crippen LogP contribution in [0.1, 0.15) is 32.6 Å². The van der Waals surface area contributed by atoms with E-state index >= 15 is 0 Å². The molecule has 0 aliphatic rings. The fourth-order valence-corrected chi connectivity index (χ4v) is 2.74. The minimum absolute atomic E-state index is 0.200. The van der Waals surface area contributed by atoms with Gasteiger partial charge in [0.1, 0.15) is 0 Å². The molecule has 1 atom stereocenters. The lowest BCUT2D eigenvalue weighted by Gasteiger charge is -2.28. The lowest BCUT2D eigenvalue weighted by molar-refractivity contribution is -0.150. The first-order valence-corrected chi connectivity index (χ1v) is 8.23. The van der Waals surface area contributed by atoms with Crippen molar-refractivity contribution in [2.75, 3.05) is 7.11 Å². The van der Waals surface area contributed by atoms with Gasteiger partial charge in [-0.25, -0.2) is 9.78 Å². The van der Waals surface area contributed by atoms with Crippen LogP contribution in [0.5, 0.6) is 0 Å². The van der Waals surface area contributed by atoms with Crippen molar-refractivity contribution >= 4 is 22.9 Å². The van der Waals surface area contributed by atoms with Crippen LogP contribution in [0.15, 0.2) is 30.6 Å². The van der Waals surface area contributed by atoms with Gasteiger partial charge < -0.3 is 14.6 Å². The maximum atomic E-state index is 12.3. The summed E-state index contributed by atoms with van der Waals surface area (Å²) in [6.07, 6.45) is 9.29. The molecule has 2 aromatic rings. The van der Waals surface area contributed by atoms with E-state index in [1.165, 1.54) is 7.11 Å². The minimum Gasteiger partial charge on any atom is -0.467 e. The molecule has 1 N–H and O–H groups in total. The molecule has 132 valence electrons. The number of nitrogens with one attached hydrogen (secondary N) is 1. The molecule has 1 aromatic heterocycles. The number of carbonyl (C=O) groups excluding carboxylic acids is 2. The zero-order valence-corrected chi connectivity index (χ0v) is 14.6. The van der Waals surface area contributed by atoms with Gasteiger partial charge in [0.15, 0.2) is 5.54 Å². The zero-order chi connectivity index (χ0) is 18.3. The van der Waals surface area contributed by atoms with E-state index in [9.17, 15) is 9.59 Å². The average molecular weight is 341 g/mol. The molecule has 0 fully saturated rings. The number of benzene rings is 1. The Hall–Kier alpha value is -2.81. The maximum absolute atomic E-state index is 12.3. The van der Waals surface area contributed by atoms with Gasteiger partial charge in [0, 0.05) is 12.8 Å². The second-order valence-corrected chi connectivity index (χ2v) is 6.14. The van der Waals surface area contributed by atoms with Crippen molar-refractivity contribution in [3.05, 3.63) is 30.6 Å². The number of rotatable bonds is 8. The van der Waals surface area contributed by atoms with Gasteiger partial charge in [-0.1, -0.05) is 12.1 Å². The summed E-state index contributed by atoms with van der Waals surface area (Å²) in [4.78, 5) is 28.9. The van der Waals surface area contributed by atoms with Crippen molar-refractivity contribution in [2.24, 2.45) is 0 Å². The second kappa shape index (κ2) is 8.34. The van der Waals surface area contributed by atoms with Crippen LogP contribution in [0.2, 0.25) is 0 Å². The van der Waals surface area contributed by atoms with Crippen LogP contribution in [0, 0.1) is 12.3 Å². The van der Waals surface area contributed by atoms with E-state index in [0.29, 0.717) is 19.3 Å². The number of imidazole rings is 1. The Morgan fingerprint density at radius 2 is 2.12 bits per heavy atom. The average Bonchev–Trinajstić information content (AvgIpc) is 3.00. The summed E-state index contributed by atoms with van der Waals surface area (Å²) in [6, 6.07) is 7.62. The molecule has 1 heterocycles. The van der Waals surface area contributed by atoms with E-state index in [0.717, 1.165) is 17.5 Å². The molecule has 25 heavy (non-hydrogen) atoms. The highest BCUT2D eigenvalue weighted by Gasteiger charge is 2.36. The SMILES string of the molecule is C#CCCCCC(=O)NC(C)(Cn1cnc2ccccc21)C(=O)OC. The third kappa shape index (κ3) is 4.60. The predicted molar refractivity (Wildman–Crippen MR) is 95.6 cm³/mol. The molecule has 0 aliphatic heterocycles. The van der Waals surface area contributed by atoms with Crippen LogP contribution in [-0.2, 0) is 20.9 Å². The first-order valence-electron chi connectivity index (χ1n) is 8.23. The lowest BCUT2D eigenvalue weighted by atomic mass is 10.0. The third-order valence-electron chi connectivity index (χ3n) is 4.04. The quantitative estimate of drug-likeness (QED) is 0.454. The molecule has 2 rings (SSSR count). The summed E-state index contributed by atoms with van der Waals surface area (Å²) in [6.45, 7) is 1.89. The number of esters is 1. The zero-order valence-electron chi connectivity index (χ0n) is 14.6. The number of methoxy groups -OCH3 is 1.